The van der Waals surface area contributed by atoms with Gasteiger partial charge in [-0.3, -0.25) is 0 Å². The topological polar surface area (TPSA) is 33.3 Å². The Bertz CT molecular complexity index is 385. The van der Waals surface area contributed by atoms with Crippen molar-refractivity contribution in [3.63, 3.8) is 0 Å². The van der Waals surface area contributed by atoms with Crippen LogP contribution in [0, 0.1) is 5.82 Å². The second-order valence-electron chi connectivity index (χ2n) is 3.46. The van der Waals surface area contributed by atoms with Crippen molar-refractivity contribution in [1.82, 2.24) is 5.32 Å². The van der Waals surface area contributed by atoms with Crippen LogP contribution in [0.15, 0.2) is 18.2 Å². The van der Waals surface area contributed by atoms with Crippen molar-refractivity contribution >= 4 is 23.0 Å². The lowest BCUT2D eigenvalue weighted by atomic mass is 10.3. The number of hydrogen-bond acceptors (Lipinski definition) is 2. The normalized spacial score (nSPS) is 9.82. The average Bonchev–Trinajstić information content (AvgIpc) is 2.30. The van der Waals surface area contributed by atoms with Gasteiger partial charge in [-0.1, -0.05) is 6.92 Å². The Morgan fingerprint density at radius 2 is 2.18 bits per heavy atom. The molecule has 0 fully saturated rings. The molecule has 0 unspecified atom stereocenters. The summed E-state index contributed by atoms with van der Waals surface area (Å²) in [7, 11) is 0. The van der Waals surface area contributed by atoms with Crippen LogP contribution in [0.3, 0.4) is 0 Å². The molecule has 0 amide bonds. The van der Waals surface area contributed by atoms with Crippen molar-refractivity contribution in [1.29, 1.82) is 0 Å². The quantitative estimate of drug-likeness (QED) is 0.794. The standard InChI is InChI=1S/C12H17FN2OS/c1-3-7-14-12(17)15-9-5-6-11(16-4-2)10(13)8-9/h5-6,8H,3-4,7H2,1-2H3,(H2,14,15,17). The van der Waals surface area contributed by atoms with Gasteiger partial charge < -0.3 is 15.4 Å². The van der Waals surface area contributed by atoms with E-state index >= 15 is 0 Å². The zero-order valence-corrected chi connectivity index (χ0v) is 10.9. The van der Waals surface area contributed by atoms with E-state index in [1.165, 1.54) is 6.07 Å². The van der Waals surface area contributed by atoms with Crippen LogP contribution < -0.4 is 15.4 Å². The van der Waals surface area contributed by atoms with E-state index in [1.54, 1.807) is 12.1 Å². The Labute approximate surface area is 106 Å². The van der Waals surface area contributed by atoms with Gasteiger partial charge in [-0.25, -0.2) is 4.39 Å². The number of benzene rings is 1. The number of ether oxygens (including phenoxy) is 1. The molecule has 1 aromatic carbocycles. The van der Waals surface area contributed by atoms with Gasteiger partial charge in [0.25, 0.3) is 0 Å². The van der Waals surface area contributed by atoms with Crippen molar-refractivity contribution in [2.24, 2.45) is 0 Å². The van der Waals surface area contributed by atoms with Crippen LogP contribution in [0.2, 0.25) is 0 Å². The van der Waals surface area contributed by atoms with Crippen molar-refractivity contribution in [3.05, 3.63) is 24.0 Å². The molecule has 1 aromatic rings. The third-order valence-corrected chi connectivity index (χ3v) is 2.27. The molecule has 2 N–H and O–H groups in total. The Hall–Kier alpha value is -1.36. The van der Waals surface area contributed by atoms with E-state index < -0.39 is 5.82 Å². The minimum absolute atomic E-state index is 0.255. The van der Waals surface area contributed by atoms with Gasteiger partial charge in [0.15, 0.2) is 16.7 Å². The van der Waals surface area contributed by atoms with Crippen molar-refractivity contribution < 1.29 is 9.13 Å². The number of halogens is 1. The summed E-state index contributed by atoms with van der Waals surface area (Å²) in [6.07, 6.45) is 0.986. The minimum atomic E-state index is -0.393. The van der Waals surface area contributed by atoms with Crippen LogP contribution in [0.4, 0.5) is 10.1 Å². The van der Waals surface area contributed by atoms with Crippen LogP contribution in [-0.4, -0.2) is 18.3 Å². The molecule has 0 aliphatic heterocycles. The van der Waals surface area contributed by atoms with E-state index in [-0.39, 0.29) is 5.75 Å². The number of rotatable bonds is 5. The van der Waals surface area contributed by atoms with E-state index in [1.807, 2.05) is 13.8 Å². The van der Waals surface area contributed by atoms with Crippen LogP contribution >= 0.6 is 12.2 Å². The molecule has 0 aliphatic carbocycles. The molecular formula is C12H17FN2OS. The first-order chi connectivity index (χ1) is 8.17. The van der Waals surface area contributed by atoms with Crippen LogP contribution in [-0.2, 0) is 0 Å². The molecule has 0 bridgehead atoms. The smallest absolute Gasteiger partial charge is 0.170 e. The van der Waals surface area contributed by atoms with Crippen LogP contribution in [0.5, 0.6) is 5.75 Å². The SMILES string of the molecule is CCCNC(=S)Nc1ccc(OCC)c(F)c1. The number of nitrogens with one attached hydrogen (secondary N) is 2. The van der Waals surface area contributed by atoms with Crippen molar-refractivity contribution in [3.8, 4) is 5.75 Å². The van der Waals surface area contributed by atoms with Gasteiger partial charge in [0, 0.05) is 18.3 Å². The van der Waals surface area contributed by atoms with E-state index in [0.717, 1.165) is 13.0 Å². The highest BCUT2D eigenvalue weighted by Crippen LogP contribution is 2.20. The molecule has 3 nitrogen and oxygen atoms in total. The summed E-state index contributed by atoms with van der Waals surface area (Å²) in [4.78, 5) is 0. The van der Waals surface area contributed by atoms with E-state index in [4.69, 9.17) is 17.0 Å². The molecule has 0 aromatic heterocycles. The van der Waals surface area contributed by atoms with Crippen molar-refractivity contribution in [2.45, 2.75) is 20.3 Å². The average molecular weight is 256 g/mol. The van der Waals surface area contributed by atoms with Gasteiger partial charge in [-0.15, -0.1) is 0 Å². The van der Waals surface area contributed by atoms with Crippen LogP contribution in [0.1, 0.15) is 20.3 Å². The highest BCUT2D eigenvalue weighted by atomic mass is 32.1. The molecule has 0 aliphatic rings. The zero-order valence-electron chi connectivity index (χ0n) is 10.0. The predicted molar refractivity (Wildman–Crippen MR) is 72.1 cm³/mol. The highest BCUT2D eigenvalue weighted by Gasteiger charge is 2.04. The predicted octanol–water partition coefficient (Wildman–Crippen LogP) is 2.92. The first-order valence-electron chi connectivity index (χ1n) is 5.64. The Morgan fingerprint density at radius 3 is 2.76 bits per heavy atom. The summed E-state index contributed by atoms with van der Waals surface area (Å²) in [5.41, 5.74) is 0.611. The lowest BCUT2D eigenvalue weighted by molar-refractivity contribution is 0.321. The van der Waals surface area contributed by atoms with Crippen molar-refractivity contribution in [2.75, 3.05) is 18.5 Å². The summed E-state index contributed by atoms with van der Waals surface area (Å²) >= 11 is 5.05. The fraction of sp³-hybridized carbons (Fsp3) is 0.417. The summed E-state index contributed by atoms with van der Waals surface area (Å²) in [5.74, 6) is -0.138. The fourth-order valence-electron chi connectivity index (χ4n) is 1.26. The van der Waals surface area contributed by atoms with E-state index in [9.17, 15) is 4.39 Å². The summed E-state index contributed by atoms with van der Waals surface area (Å²) in [5, 5.41) is 6.41. The van der Waals surface area contributed by atoms with Gasteiger partial charge in [0.2, 0.25) is 0 Å². The molecule has 0 saturated heterocycles. The Kier molecular flexibility index (Phi) is 5.69. The minimum Gasteiger partial charge on any atom is -0.491 e. The number of anilines is 1. The Balaban J connectivity index is 2.60. The molecule has 5 heteroatoms. The molecule has 0 radical (unpaired) electrons. The Morgan fingerprint density at radius 1 is 1.41 bits per heavy atom. The van der Waals surface area contributed by atoms with Gasteiger partial charge in [0.05, 0.1) is 6.61 Å². The number of hydrogen-bond donors (Lipinski definition) is 2. The monoisotopic (exact) mass is 256 g/mol. The summed E-state index contributed by atoms with van der Waals surface area (Å²) in [6, 6.07) is 4.68. The molecule has 0 atom stereocenters. The van der Waals surface area contributed by atoms with Crippen LogP contribution in [0.25, 0.3) is 0 Å². The maximum absolute atomic E-state index is 13.5. The van der Waals surface area contributed by atoms with Gasteiger partial charge >= 0.3 is 0 Å². The lowest BCUT2D eigenvalue weighted by Gasteiger charge is -2.11. The molecule has 0 heterocycles. The molecule has 0 saturated carbocycles. The molecule has 1 rings (SSSR count). The van der Waals surface area contributed by atoms with E-state index in [2.05, 4.69) is 10.6 Å². The van der Waals surface area contributed by atoms with Gasteiger partial charge in [-0.2, -0.15) is 0 Å². The van der Waals surface area contributed by atoms with Gasteiger partial charge in [0.1, 0.15) is 0 Å². The molecule has 17 heavy (non-hydrogen) atoms. The number of thiocarbonyl (C=S) groups is 1. The molecule has 0 spiro atoms. The molecular weight excluding hydrogens is 239 g/mol. The maximum Gasteiger partial charge on any atom is 0.170 e. The second kappa shape index (κ2) is 7.06. The third-order valence-electron chi connectivity index (χ3n) is 2.03. The summed E-state index contributed by atoms with van der Waals surface area (Å²) in [6.45, 7) is 5.10. The van der Waals surface area contributed by atoms with Gasteiger partial charge in [-0.05, 0) is 37.7 Å². The maximum atomic E-state index is 13.5. The second-order valence-corrected chi connectivity index (χ2v) is 3.87. The lowest BCUT2D eigenvalue weighted by Crippen LogP contribution is -2.28. The summed E-state index contributed by atoms with van der Waals surface area (Å²) < 4.78 is 18.6. The highest BCUT2D eigenvalue weighted by molar-refractivity contribution is 7.80. The first kappa shape index (κ1) is 13.7. The largest absolute Gasteiger partial charge is 0.491 e. The third kappa shape index (κ3) is 4.56. The fourth-order valence-corrected chi connectivity index (χ4v) is 1.48. The molecule has 94 valence electrons. The first-order valence-corrected chi connectivity index (χ1v) is 6.05. The zero-order chi connectivity index (χ0) is 12.7. The van der Waals surface area contributed by atoms with E-state index in [0.29, 0.717) is 17.4 Å².